The van der Waals surface area contributed by atoms with Crippen LogP contribution in [0.1, 0.15) is 19.6 Å². The summed E-state index contributed by atoms with van der Waals surface area (Å²) < 4.78 is 5.39. The minimum Gasteiger partial charge on any atom is -0.469 e. The van der Waals surface area contributed by atoms with Crippen LogP contribution in [0.25, 0.3) is 0 Å². The van der Waals surface area contributed by atoms with Crippen LogP contribution in [-0.2, 0) is 6.42 Å². The van der Waals surface area contributed by atoms with E-state index in [0.29, 0.717) is 5.41 Å². The SMILES string of the molecule is CC(C)C1(Cc2ccco2)CNC1. The van der Waals surface area contributed by atoms with Crippen LogP contribution in [0.5, 0.6) is 0 Å². The first-order valence-electron chi connectivity index (χ1n) is 4.96. The van der Waals surface area contributed by atoms with Gasteiger partial charge in [0, 0.05) is 24.9 Å². The maximum Gasteiger partial charge on any atom is 0.104 e. The summed E-state index contributed by atoms with van der Waals surface area (Å²) in [4.78, 5) is 0. The molecule has 0 saturated carbocycles. The van der Waals surface area contributed by atoms with E-state index in [-0.39, 0.29) is 0 Å². The van der Waals surface area contributed by atoms with Crippen molar-refractivity contribution in [1.29, 1.82) is 0 Å². The Hall–Kier alpha value is -0.760. The Bertz CT molecular complexity index is 260. The Balaban J connectivity index is 2.07. The first-order chi connectivity index (χ1) is 6.23. The van der Waals surface area contributed by atoms with Crippen molar-refractivity contribution >= 4 is 0 Å². The molecule has 0 radical (unpaired) electrons. The summed E-state index contributed by atoms with van der Waals surface area (Å²) in [6, 6.07) is 4.04. The molecule has 72 valence electrons. The molecular weight excluding hydrogens is 162 g/mol. The van der Waals surface area contributed by atoms with Gasteiger partial charge in [0.25, 0.3) is 0 Å². The van der Waals surface area contributed by atoms with E-state index in [0.717, 1.165) is 31.2 Å². The monoisotopic (exact) mass is 179 g/mol. The van der Waals surface area contributed by atoms with Gasteiger partial charge in [0.1, 0.15) is 5.76 Å². The molecule has 0 bridgehead atoms. The predicted molar refractivity (Wildman–Crippen MR) is 52.6 cm³/mol. The normalized spacial score (nSPS) is 20.2. The van der Waals surface area contributed by atoms with Crippen molar-refractivity contribution in [2.75, 3.05) is 13.1 Å². The summed E-state index contributed by atoms with van der Waals surface area (Å²) in [7, 11) is 0. The second kappa shape index (κ2) is 3.18. The number of hydrogen-bond donors (Lipinski definition) is 1. The molecule has 0 amide bonds. The summed E-state index contributed by atoms with van der Waals surface area (Å²) in [6.07, 6.45) is 2.83. The second-order valence-electron chi connectivity index (χ2n) is 4.38. The molecule has 1 N–H and O–H groups in total. The molecule has 0 unspecified atom stereocenters. The number of furan rings is 1. The summed E-state index contributed by atoms with van der Waals surface area (Å²) in [5.74, 6) is 1.84. The van der Waals surface area contributed by atoms with Crippen LogP contribution in [0, 0.1) is 11.3 Å². The number of nitrogens with one attached hydrogen (secondary N) is 1. The highest BCUT2D eigenvalue weighted by Crippen LogP contribution is 2.35. The quantitative estimate of drug-likeness (QED) is 0.768. The molecule has 1 aromatic heterocycles. The molecule has 2 heterocycles. The third-order valence-electron chi connectivity index (χ3n) is 3.29. The molecule has 0 aromatic carbocycles. The second-order valence-corrected chi connectivity index (χ2v) is 4.38. The van der Waals surface area contributed by atoms with Crippen LogP contribution >= 0.6 is 0 Å². The average molecular weight is 179 g/mol. The largest absolute Gasteiger partial charge is 0.469 e. The molecule has 2 nitrogen and oxygen atoms in total. The molecule has 0 atom stereocenters. The Morgan fingerprint density at radius 1 is 1.54 bits per heavy atom. The van der Waals surface area contributed by atoms with Gasteiger partial charge in [0.15, 0.2) is 0 Å². The van der Waals surface area contributed by atoms with Crippen LogP contribution in [0.4, 0.5) is 0 Å². The van der Waals surface area contributed by atoms with Crippen molar-refractivity contribution < 1.29 is 4.42 Å². The Morgan fingerprint density at radius 3 is 2.69 bits per heavy atom. The predicted octanol–water partition coefficient (Wildman–Crippen LogP) is 2.07. The molecule has 1 saturated heterocycles. The van der Waals surface area contributed by atoms with Gasteiger partial charge in [0.05, 0.1) is 6.26 Å². The highest BCUT2D eigenvalue weighted by Gasteiger charge is 2.40. The van der Waals surface area contributed by atoms with Gasteiger partial charge in [-0.3, -0.25) is 0 Å². The fourth-order valence-corrected chi connectivity index (χ4v) is 1.94. The van der Waals surface area contributed by atoms with E-state index in [2.05, 4.69) is 25.2 Å². The lowest BCUT2D eigenvalue weighted by molar-refractivity contribution is 0.0920. The van der Waals surface area contributed by atoms with E-state index in [1.807, 2.05) is 6.07 Å². The smallest absolute Gasteiger partial charge is 0.104 e. The van der Waals surface area contributed by atoms with Crippen molar-refractivity contribution in [3.05, 3.63) is 24.2 Å². The van der Waals surface area contributed by atoms with Gasteiger partial charge in [-0.25, -0.2) is 0 Å². The highest BCUT2D eigenvalue weighted by molar-refractivity contribution is 5.07. The molecule has 2 heteroatoms. The lowest BCUT2D eigenvalue weighted by Crippen LogP contribution is -2.57. The molecule has 1 aromatic rings. The summed E-state index contributed by atoms with van der Waals surface area (Å²) in [6.45, 7) is 6.85. The zero-order valence-electron chi connectivity index (χ0n) is 8.34. The van der Waals surface area contributed by atoms with Crippen LogP contribution in [-0.4, -0.2) is 13.1 Å². The maximum atomic E-state index is 5.39. The van der Waals surface area contributed by atoms with Crippen molar-refractivity contribution in [3.63, 3.8) is 0 Å². The summed E-state index contributed by atoms with van der Waals surface area (Å²) in [5.41, 5.74) is 0.442. The first kappa shape index (κ1) is 8.82. The van der Waals surface area contributed by atoms with E-state index in [1.54, 1.807) is 6.26 Å². The Labute approximate surface area is 79.3 Å². The topological polar surface area (TPSA) is 25.2 Å². The molecular formula is C11H17NO. The van der Waals surface area contributed by atoms with Crippen molar-refractivity contribution in [2.24, 2.45) is 11.3 Å². The van der Waals surface area contributed by atoms with Crippen LogP contribution in [0.2, 0.25) is 0 Å². The van der Waals surface area contributed by atoms with Gasteiger partial charge in [-0.05, 0) is 18.1 Å². The minimum atomic E-state index is 0.442. The number of hydrogen-bond acceptors (Lipinski definition) is 2. The Kier molecular flexibility index (Phi) is 2.16. The summed E-state index contributed by atoms with van der Waals surface area (Å²) >= 11 is 0. The van der Waals surface area contributed by atoms with Crippen molar-refractivity contribution in [1.82, 2.24) is 5.32 Å². The fraction of sp³-hybridized carbons (Fsp3) is 0.636. The van der Waals surface area contributed by atoms with Gasteiger partial charge >= 0.3 is 0 Å². The van der Waals surface area contributed by atoms with E-state index in [1.165, 1.54) is 0 Å². The highest BCUT2D eigenvalue weighted by atomic mass is 16.3. The van der Waals surface area contributed by atoms with Gasteiger partial charge in [-0.2, -0.15) is 0 Å². The summed E-state index contributed by atoms with van der Waals surface area (Å²) in [5, 5.41) is 3.35. The van der Waals surface area contributed by atoms with Gasteiger partial charge in [-0.15, -0.1) is 0 Å². The lowest BCUT2D eigenvalue weighted by Gasteiger charge is -2.45. The first-order valence-corrected chi connectivity index (χ1v) is 4.96. The molecule has 13 heavy (non-hydrogen) atoms. The van der Waals surface area contributed by atoms with Gasteiger partial charge < -0.3 is 9.73 Å². The Morgan fingerprint density at radius 2 is 2.31 bits per heavy atom. The van der Waals surface area contributed by atoms with Gasteiger partial charge in [0.2, 0.25) is 0 Å². The standard InChI is InChI=1S/C11H17NO/c1-9(2)11(7-12-8-11)6-10-4-3-5-13-10/h3-5,9,12H,6-8H2,1-2H3. The molecule has 1 fully saturated rings. The molecule has 0 aliphatic carbocycles. The third-order valence-corrected chi connectivity index (χ3v) is 3.29. The number of rotatable bonds is 3. The molecule has 0 spiro atoms. The van der Waals surface area contributed by atoms with E-state index >= 15 is 0 Å². The van der Waals surface area contributed by atoms with E-state index < -0.39 is 0 Å². The minimum absolute atomic E-state index is 0.442. The zero-order valence-corrected chi connectivity index (χ0v) is 8.34. The lowest BCUT2D eigenvalue weighted by atomic mass is 9.69. The molecule has 1 aliphatic rings. The molecule has 2 rings (SSSR count). The zero-order chi connectivity index (χ0) is 9.31. The fourth-order valence-electron chi connectivity index (χ4n) is 1.94. The van der Waals surface area contributed by atoms with Gasteiger partial charge in [-0.1, -0.05) is 13.8 Å². The van der Waals surface area contributed by atoms with Crippen molar-refractivity contribution in [3.8, 4) is 0 Å². The van der Waals surface area contributed by atoms with Crippen LogP contribution in [0.15, 0.2) is 22.8 Å². The van der Waals surface area contributed by atoms with Crippen LogP contribution < -0.4 is 5.32 Å². The third kappa shape index (κ3) is 1.51. The van der Waals surface area contributed by atoms with E-state index in [4.69, 9.17) is 4.42 Å². The average Bonchev–Trinajstić information content (AvgIpc) is 2.47. The molecule has 1 aliphatic heterocycles. The maximum absolute atomic E-state index is 5.39. The van der Waals surface area contributed by atoms with Crippen LogP contribution in [0.3, 0.4) is 0 Å². The van der Waals surface area contributed by atoms with Crippen molar-refractivity contribution in [2.45, 2.75) is 20.3 Å². The van der Waals surface area contributed by atoms with E-state index in [9.17, 15) is 0 Å².